The highest BCUT2D eigenvalue weighted by Crippen LogP contribution is 2.18. The lowest BCUT2D eigenvalue weighted by Gasteiger charge is -2.26. The maximum atomic E-state index is 12.4. The Labute approximate surface area is 147 Å². The number of amides is 1. The zero-order chi connectivity index (χ0) is 17.9. The van der Waals surface area contributed by atoms with E-state index in [0.29, 0.717) is 30.9 Å². The van der Waals surface area contributed by atoms with E-state index in [1.807, 2.05) is 25.1 Å². The monoisotopic (exact) mass is 362 g/mol. The lowest BCUT2D eigenvalue weighted by Crippen LogP contribution is -2.39. The third-order valence-corrected chi connectivity index (χ3v) is 6.08. The first-order valence-corrected chi connectivity index (χ1v) is 10.0. The van der Waals surface area contributed by atoms with Gasteiger partial charge in [0.1, 0.15) is 0 Å². The zero-order valence-corrected chi connectivity index (χ0v) is 15.0. The molecule has 1 N–H and O–H groups in total. The van der Waals surface area contributed by atoms with E-state index in [-0.39, 0.29) is 18.2 Å². The summed E-state index contributed by atoms with van der Waals surface area (Å²) < 4.78 is 27.9. The summed E-state index contributed by atoms with van der Waals surface area (Å²) in [7, 11) is -3.26. The molecular formula is C17H22N4O3S. The fourth-order valence-corrected chi connectivity index (χ4v) is 4.36. The van der Waals surface area contributed by atoms with Crippen molar-refractivity contribution in [3.8, 4) is 0 Å². The number of hydrogen-bond acceptors (Lipinski definition) is 4. The van der Waals surface area contributed by atoms with Crippen LogP contribution in [0.4, 0.5) is 5.69 Å². The first-order valence-electron chi connectivity index (χ1n) is 8.40. The SMILES string of the molecule is CCCCS(=O)(=O)N1CCn2nc(C(=O)Nc3ccccc3)cc2C1. The lowest BCUT2D eigenvalue weighted by molar-refractivity contribution is 0.102. The third kappa shape index (κ3) is 4.08. The average Bonchev–Trinajstić information content (AvgIpc) is 3.04. The molecule has 1 aliphatic rings. The molecule has 3 rings (SSSR count). The van der Waals surface area contributed by atoms with E-state index in [2.05, 4.69) is 10.4 Å². The first-order chi connectivity index (χ1) is 12.0. The second-order valence-corrected chi connectivity index (χ2v) is 8.16. The Kier molecular flexibility index (Phi) is 5.19. The Balaban J connectivity index is 1.71. The maximum Gasteiger partial charge on any atom is 0.276 e. The molecule has 1 amide bonds. The molecule has 8 heteroatoms. The number of para-hydroxylation sites is 1. The number of anilines is 1. The minimum atomic E-state index is -3.26. The van der Waals surface area contributed by atoms with Gasteiger partial charge in [0.05, 0.1) is 24.5 Å². The van der Waals surface area contributed by atoms with Gasteiger partial charge < -0.3 is 5.32 Å². The quantitative estimate of drug-likeness (QED) is 0.853. The standard InChI is InChI=1S/C17H22N4O3S/c1-2-3-11-25(23,24)20-9-10-21-15(13-20)12-16(19-21)17(22)18-14-7-5-4-6-8-14/h4-8,12H,2-3,9-11,13H2,1H3,(H,18,22). The summed E-state index contributed by atoms with van der Waals surface area (Å²) in [4.78, 5) is 12.3. The zero-order valence-electron chi connectivity index (χ0n) is 14.2. The van der Waals surface area contributed by atoms with Crippen LogP contribution in [0, 0.1) is 0 Å². The molecule has 0 saturated heterocycles. The van der Waals surface area contributed by atoms with Gasteiger partial charge in [-0.15, -0.1) is 0 Å². The Bertz CT molecular complexity index is 846. The molecule has 0 saturated carbocycles. The largest absolute Gasteiger partial charge is 0.321 e. The number of fused-ring (bicyclic) bond motifs is 1. The molecule has 25 heavy (non-hydrogen) atoms. The minimum absolute atomic E-state index is 0.166. The van der Waals surface area contributed by atoms with Crippen LogP contribution in [0.1, 0.15) is 35.9 Å². The van der Waals surface area contributed by atoms with Crippen LogP contribution in [0.3, 0.4) is 0 Å². The summed E-state index contributed by atoms with van der Waals surface area (Å²) in [6.45, 7) is 3.08. The Morgan fingerprint density at radius 3 is 2.72 bits per heavy atom. The second-order valence-electron chi connectivity index (χ2n) is 6.07. The Hall–Kier alpha value is -2.19. The molecule has 2 aromatic rings. The van der Waals surface area contributed by atoms with Gasteiger partial charge in [-0.25, -0.2) is 8.42 Å². The van der Waals surface area contributed by atoms with E-state index in [4.69, 9.17) is 0 Å². The van der Waals surface area contributed by atoms with Crippen LogP contribution in [0.25, 0.3) is 0 Å². The van der Waals surface area contributed by atoms with Crippen molar-refractivity contribution in [2.75, 3.05) is 17.6 Å². The predicted molar refractivity (Wildman–Crippen MR) is 95.7 cm³/mol. The van der Waals surface area contributed by atoms with E-state index >= 15 is 0 Å². The molecule has 1 aliphatic heterocycles. The number of benzene rings is 1. The van der Waals surface area contributed by atoms with Crippen LogP contribution in [0.15, 0.2) is 36.4 Å². The van der Waals surface area contributed by atoms with Gasteiger partial charge in [0.2, 0.25) is 10.0 Å². The molecule has 0 radical (unpaired) electrons. The fourth-order valence-electron chi connectivity index (χ4n) is 2.76. The van der Waals surface area contributed by atoms with E-state index < -0.39 is 10.0 Å². The molecule has 134 valence electrons. The number of nitrogens with zero attached hydrogens (tertiary/aromatic N) is 3. The first kappa shape index (κ1) is 17.6. The number of rotatable bonds is 6. The maximum absolute atomic E-state index is 12.4. The Morgan fingerprint density at radius 2 is 2.00 bits per heavy atom. The molecule has 1 aromatic carbocycles. The normalized spacial score (nSPS) is 14.9. The van der Waals surface area contributed by atoms with Gasteiger partial charge >= 0.3 is 0 Å². The number of carbonyl (C=O) groups excluding carboxylic acids is 1. The van der Waals surface area contributed by atoms with E-state index in [9.17, 15) is 13.2 Å². The summed E-state index contributed by atoms with van der Waals surface area (Å²) in [5, 5.41) is 7.10. The van der Waals surface area contributed by atoms with E-state index in [1.54, 1.807) is 22.9 Å². The predicted octanol–water partition coefficient (Wildman–Crippen LogP) is 2.08. The average molecular weight is 362 g/mol. The summed E-state index contributed by atoms with van der Waals surface area (Å²) in [5.74, 6) is -0.132. The number of hydrogen-bond donors (Lipinski definition) is 1. The van der Waals surface area contributed by atoms with Crippen LogP contribution < -0.4 is 5.32 Å². The van der Waals surface area contributed by atoms with E-state index in [0.717, 1.165) is 12.1 Å². The molecular weight excluding hydrogens is 340 g/mol. The highest BCUT2D eigenvalue weighted by molar-refractivity contribution is 7.89. The van der Waals surface area contributed by atoms with Crippen LogP contribution in [0.5, 0.6) is 0 Å². The molecule has 0 bridgehead atoms. The number of carbonyl (C=O) groups is 1. The molecule has 0 spiro atoms. The van der Waals surface area contributed by atoms with Crippen LogP contribution in [-0.4, -0.2) is 40.7 Å². The smallest absolute Gasteiger partial charge is 0.276 e. The molecule has 2 heterocycles. The molecule has 1 aromatic heterocycles. The number of aromatic nitrogens is 2. The minimum Gasteiger partial charge on any atom is -0.321 e. The van der Waals surface area contributed by atoms with Crippen molar-refractivity contribution in [1.29, 1.82) is 0 Å². The van der Waals surface area contributed by atoms with Crippen molar-refractivity contribution >= 4 is 21.6 Å². The summed E-state index contributed by atoms with van der Waals surface area (Å²) in [6, 6.07) is 10.8. The fraction of sp³-hybridized carbons (Fsp3) is 0.412. The van der Waals surface area contributed by atoms with Gasteiger partial charge in [-0.2, -0.15) is 9.40 Å². The van der Waals surface area contributed by atoms with Crippen molar-refractivity contribution in [1.82, 2.24) is 14.1 Å². The van der Waals surface area contributed by atoms with Crippen molar-refractivity contribution in [3.05, 3.63) is 47.8 Å². The van der Waals surface area contributed by atoms with Gasteiger partial charge in [0.15, 0.2) is 5.69 Å². The molecule has 0 atom stereocenters. The van der Waals surface area contributed by atoms with Gasteiger partial charge in [-0.1, -0.05) is 31.5 Å². The summed E-state index contributed by atoms with van der Waals surface area (Å²) >= 11 is 0. The van der Waals surface area contributed by atoms with Gasteiger partial charge in [-0.05, 0) is 24.6 Å². The molecule has 7 nitrogen and oxygen atoms in total. The van der Waals surface area contributed by atoms with E-state index in [1.165, 1.54) is 4.31 Å². The Morgan fingerprint density at radius 1 is 1.24 bits per heavy atom. The number of nitrogens with one attached hydrogen (secondary N) is 1. The van der Waals surface area contributed by atoms with Gasteiger partial charge in [0.25, 0.3) is 5.91 Å². The van der Waals surface area contributed by atoms with Crippen molar-refractivity contribution in [3.63, 3.8) is 0 Å². The molecule has 0 aliphatic carbocycles. The second kappa shape index (κ2) is 7.37. The molecule has 0 fully saturated rings. The lowest BCUT2D eigenvalue weighted by atomic mass is 10.3. The van der Waals surface area contributed by atoms with Crippen molar-refractivity contribution < 1.29 is 13.2 Å². The summed E-state index contributed by atoms with van der Waals surface area (Å²) in [5.41, 5.74) is 1.73. The highest BCUT2D eigenvalue weighted by Gasteiger charge is 2.28. The molecule has 0 unspecified atom stereocenters. The summed E-state index contributed by atoms with van der Waals surface area (Å²) in [6.07, 6.45) is 1.50. The van der Waals surface area contributed by atoms with Crippen LogP contribution >= 0.6 is 0 Å². The topological polar surface area (TPSA) is 84.3 Å². The number of unbranched alkanes of at least 4 members (excludes halogenated alkanes) is 1. The highest BCUT2D eigenvalue weighted by atomic mass is 32.2. The van der Waals surface area contributed by atoms with Gasteiger partial charge in [0, 0.05) is 12.2 Å². The van der Waals surface area contributed by atoms with Crippen molar-refractivity contribution in [2.24, 2.45) is 0 Å². The van der Waals surface area contributed by atoms with Gasteiger partial charge in [-0.3, -0.25) is 9.48 Å². The number of sulfonamides is 1. The van der Waals surface area contributed by atoms with Crippen LogP contribution in [-0.2, 0) is 23.1 Å². The van der Waals surface area contributed by atoms with Crippen molar-refractivity contribution in [2.45, 2.75) is 32.9 Å². The van der Waals surface area contributed by atoms with Crippen LogP contribution in [0.2, 0.25) is 0 Å². The third-order valence-electron chi connectivity index (χ3n) is 4.18.